The van der Waals surface area contributed by atoms with Crippen LogP contribution in [0, 0.1) is 0 Å². The number of aromatic nitrogens is 1. The van der Waals surface area contributed by atoms with Crippen molar-refractivity contribution in [1.29, 1.82) is 0 Å². The van der Waals surface area contributed by atoms with Crippen LogP contribution in [0.2, 0.25) is 0 Å². The van der Waals surface area contributed by atoms with Crippen LogP contribution in [0.1, 0.15) is 17.3 Å². The molecule has 96 valence electrons. The maximum absolute atomic E-state index is 11.3. The SMILES string of the molecule is CC(=O)c1ccnc(Oc2ccc3c(c2)OCO3)c1. The number of hydrogen-bond donors (Lipinski definition) is 0. The number of hydrogen-bond acceptors (Lipinski definition) is 5. The monoisotopic (exact) mass is 257 g/mol. The lowest BCUT2D eigenvalue weighted by atomic mass is 10.2. The van der Waals surface area contributed by atoms with E-state index in [1.165, 1.54) is 6.92 Å². The molecule has 2 aromatic rings. The van der Waals surface area contributed by atoms with Gasteiger partial charge in [0, 0.05) is 23.9 Å². The van der Waals surface area contributed by atoms with Gasteiger partial charge >= 0.3 is 0 Å². The maximum atomic E-state index is 11.3. The van der Waals surface area contributed by atoms with Gasteiger partial charge in [-0.1, -0.05) is 0 Å². The van der Waals surface area contributed by atoms with Crippen molar-refractivity contribution in [2.45, 2.75) is 6.92 Å². The molecule has 1 aliphatic heterocycles. The fourth-order valence-electron chi connectivity index (χ4n) is 1.75. The van der Waals surface area contributed by atoms with Gasteiger partial charge in [0.2, 0.25) is 12.7 Å². The van der Waals surface area contributed by atoms with Gasteiger partial charge in [-0.05, 0) is 25.1 Å². The van der Waals surface area contributed by atoms with Crippen LogP contribution in [0.25, 0.3) is 0 Å². The molecule has 0 unspecified atom stereocenters. The maximum Gasteiger partial charge on any atom is 0.231 e. The number of ether oxygens (including phenoxy) is 3. The van der Waals surface area contributed by atoms with E-state index in [1.807, 2.05) is 0 Å². The number of carbonyl (C=O) groups excluding carboxylic acids is 1. The van der Waals surface area contributed by atoms with E-state index in [0.717, 1.165) is 0 Å². The first-order chi connectivity index (χ1) is 9.22. The van der Waals surface area contributed by atoms with E-state index in [-0.39, 0.29) is 12.6 Å². The summed E-state index contributed by atoms with van der Waals surface area (Å²) in [4.78, 5) is 15.3. The standard InChI is InChI=1S/C14H11NO4/c1-9(16)10-4-5-15-14(6-10)19-11-2-3-12-13(7-11)18-8-17-12/h2-7H,8H2,1H3. The van der Waals surface area contributed by atoms with Gasteiger partial charge in [-0.15, -0.1) is 0 Å². The van der Waals surface area contributed by atoms with Crippen molar-refractivity contribution in [3.05, 3.63) is 42.1 Å². The molecule has 0 aliphatic carbocycles. The van der Waals surface area contributed by atoms with Gasteiger partial charge in [0.15, 0.2) is 17.3 Å². The predicted octanol–water partition coefficient (Wildman–Crippen LogP) is 2.81. The van der Waals surface area contributed by atoms with Gasteiger partial charge in [0.05, 0.1) is 0 Å². The number of ketones is 1. The zero-order valence-corrected chi connectivity index (χ0v) is 10.3. The molecule has 0 N–H and O–H groups in total. The molecule has 3 rings (SSSR count). The molecule has 0 atom stereocenters. The summed E-state index contributed by atoms with van der Waals surface area (Å²) < 4.78 is 16.1. The Bertz CT molecular complexity index is 639. The normalized spacial score (nSPS) is 12.3. The Kier molecular flexibility index (Phi) is 2.79. The summed E-state index contributed by atoms with van der Waals surface area (Å²) in [5.74, 6) is 2.25. The molecule has 1 aromatic carbocycles. The summed E-state index contributed by atoms with van der Waals surface area (Å²) in [7, 11) is 0. The van der Waals surface area contributed by atoms with Crippen LogP contribution in [0.5, 0.6) is 23.1 Å². The van der Waals surface area contributed by atoms with Crippen molar-refractivity contribution < 1.29 is 19.0 Å². The molecule has 19 heavy (non-hydrogen) atoms. The summed E-state index contributed by atoms with van der Waals surface area (Å²) in [6.45, 7) is 1.72. The second-order valence-electron chi connectivity index (χ2n) is 4.06. The molecule has 0 radical (unpaired) electrons. The van der Waals surface area contributed by atoms with E-state index in [0.29, 0.717) is 28.7 Å². The number of Topliss-reactive ketones (excluding diaryl/α,β-unsaturated/α-hetero) is 1. The molecule has 5 nitrogen and oxygen atoms in total. The first kappa shape index (κ1) is 11.5. The molecule has 2 heterocycles. The topological polar surface area (TPSA) is 57.7 Å². The summed E-state index contributed by atoms with van der Waals surface area (Å²) in [5, 5.41) is 0. The highest BCUT2D eigenvalue weighted by Gasteiger charge is 2.14. The smallest absolute Gasteiger partial charge is 0.231 e. The highest BCUT2D eigenvalue weighted by Crippen LogP contribution is 2.36. The molecule has 0 bridgehead atoms. The Morgan fingerprint density at radius 3 is 2.89 bits per heavy atom. The van der Waals surface area contributed by atoms with Crippen molar-refractivity contribution >= 4 is 5.78 Å². The Labute approximate surface area is 109 Å². The van der Waals surface area contributed by atoms with Crippen molar-refractivity contribution in [2.24, 2.45) is 0 Å². The Balaban J connectivity index is 1.85. The van der Waals surface area contributed by atoms with E-state index in [2.05, 4.69) is 4.98 Å². The average Bonchev–Trinajstić information content (AvgIpc) is 2.86. The van der Waals surface area contributed by atoms with Crippen molar-refractivity contribution in [3.8, 4) is 23.1 Å². The van der Waals surface area contributed by atoms with E-state index >= 15 is 0 Å². The largest absolute Gasteiger partial charge is 0.454 e. The lowest BCUT2D eigenvalue weighted by molar-refractivity contribution is 0.101. The third kappa shape index (κ3) is 2.35. The van der Waals surface area contributed by atoms with Crippen LogP contribution >= 0.6 is 0 Å². The fraction of sp³-hybridized carbons (Fsp3) is 0.143. The average molecular weight is 257 g/mol. The summed E-state index contributed by atoms with van der Waals surface area (Å²) in [5.41, 5.74) is 0.561. The van der Waals surface area contributed by atoms with Crippen molar-refractivity contribution in [2.75, 3.05) is 6.79 Å². The lowest BCUT2D eigenvalue weighted by Gasteiger charge is -2.06. The van der Waals surface area contributed by atoms with Crippen molar-refractivity contribution in [1.82, 2.24) is 4.98 Å². The Morgan fingerprint density at radius 1 is 1.21 bits per heavy atom. The summed E-state index contributed by atoms with van der Waals surface area (Å²) >= 11 is 0. The molecular weight excluding hydrogens is 246 g/mol. The van der Waals surface area contributed by atoms with Gasteiger partial charge in [-0.25, -0.2) is 4.98 Å². The molecule has 0 amide bonds. The molecule has 0 spiro atoms. The zero-order chi connectivity index (χ0) is 13.2. The lowest BCUT2D eigenvalue weighted by Crippen LogP contribution is -1.94. The Hall–Kier alpha value is -2.56. The van der Waals surface area contributed by atoms with Gasteiger partial charge in [0.1, 0.15) is 5.75 Å². The molecule has 5 heteroatoms. The van der Waals surface area contributed by atoms with Gasteiger partial charge in [-0.3, -0.25) is 4.79 Å². The highest BCUT2D eigenvalue weighted by molar-refractivity contribution is 5.94. The predicted molar refractivity (Wildman–Crippen MR) is 66.9 cm³/mol. The molecule has 1 aromatic heterocycles. The van der Waals surface area contributed by atoms with Crippen LogP contribution in [0.15, 0.2) is 36.5 Å². The molecule has 0 saturated carbocycles. The first-order valence-electron chi connectivity index (χ1n) is 5.77. The van der Waals surface area contributed by atoms with Crippen molar-refractivity contribution in [3.63, 3.8) is 0 Å². The van der Waals surface area contributed by atoms with Gasteiger partial charge in [-0.2, -0.15) is 0 Å². The Morgan fingerprint density at radius 2 is 2.05 bits per heavy atom. The third-order valence-corrected chi connectivity index (χ3v) is 2.71. The second kappa shape index (κ2) is 4.61. The number of fused-ring (bicyclic) bond motifs is 1. The van der Waals surface area contributed by atoms with E-state index in [4.69, 9.17) is 14.2 Å². The van der Waals surface area contributed by atoms with Crippen LogP contribution in [-0.2, 0) is 0 Å². The number of carbonyl (C=O) groups is 1. The summed E-state index contributed by atoms with van der Waals surface area (Å²) in [6, 6.07) is 8.51. The van der Waals surface area contributed by atoms with Gasteiger partial charge < -0.3 is 14.2 Å². The molecule has 0 fully saturated rings. The molecule has 1 aliphatic rings. The number of pyridine rings is 1. The second-order valence-corrected chi connectivity index (χ2v) is 4.06. The third-order valence-electron chi connectivity index (χ3n) is 2.71. The van der Waals surface area contributed by atoms with E-state index in [9.17, 15) is 4.79 Å². The minimum atomic E-state index is -0.0297. The fourth-order valence-corrected chi connectivity index (χ4v) is 1.75. The first-order valence-corrected chi connectivity index (χ1v) is 5.77. The van der Waals surface area contributed by atoms with Crippen LogP contribution < -0.4 is 14.2 Å². The van der Waals surface area contributed by atoms with Crippen LogP contribution in [-0.4, -0.2) is 17.6 Å². The zero-order valence-electron chi connectivity index (χ0n) is 10.3. The number of rotatable bonds is 3. The van der Waals surface area contributed by atoms with Gasteiger partial charge in [0.25, 0.3) is 0 Å². The van der Waals surface area contributed by atoms with Crippen LogP contribution in [0.4, 0.5) is 0 Å². The summed E-state index contributed by atoms with van der Waals surface area (Å²) in [6.07, 6.45) is 1.54. The molecule has 0 saturated heterocycles. The number of benzene rings is 1. The minimum absolute atomic E-state index is 0.0297. The highest BCUT2D eigenvalue weighted by atomic mass is 16.7. The van der Waals surface area contributed by atoms with E-state index < -0.39 is 0 Å². The quantitative estimate of drug-likeness (QED) is 0.791. The minimum Gasteiger partial charge on any atom is -0.454 e. The van der Waals surface area contributed by atoms with E-state index in [1.54, 1.807) is 36.5 Å². The molecular formula is C14H11NO4. The number of nitrogens with zero attached hydrogens (tertiary/aromatic N) is 1. The van der Waals surface area contributed by atoms with Crippen LogP contribution in [0.3, 0.4) is 0 Å².